The quantitative estimate of drug-likeness (QED) is 0.330. The van der Waals surface area contributed by atoms with Crippen molar-refractivity contribution in [1.82, 2.24) is 0 Å². The second kappa shape index (κ2) is 8.41. The topological polar surface area (TPSA) is 102 Å². The number of hydrogen-bond acceptors (Lipinski definition) is 5. The van der Waals surface area contributed by atoms with Crippen molar-refractivity contribution < 1.29 is 19.6 Å². The first-order valence-corrected chi connectivity index (χ1v) is 12.1. The van der Waals surface area contributed by atoms with Crippen molar-refractivity contribution in [2.75, 3.05) is 5.32 Å². The van der Waals surface area contributed by atoms with Crippen LogP contribution in [0.1, 0.15) is 58.3 Å². The minimum atomic E-state index is -0.898. The molecule has 0 radical (unpaired) electrons. The molecule has 7 heteroatoms. The third-order valence-electron chi connectivity index (χ3n) is 8.14. The number of carbonyl (C=O) groups is 1. The van der Waals surface area contributed by atoms with E-state index < -0.39 is 10.9 Å². The average molecular weight is 471 g/mol. The Labute approximate surface area is 202 Å². The third-order valence-corrected chi connectivity index (χ3v) is 8.14. The van der Waals surface area contributed by atoms with Crippen LogP contribution >= 0.6 is 0 Å². The van der Waals surface area contributed by atoms with Crippen molar-refractivity contribution in [1.29, 1.82) is 0 Å². The van der Waals surface area contributed by atoms with Crippen LogP contribution in [0.15, 0.2) is 66.7 Å². The Morgan fingerprint density at radius 2 is 1.77 bits per heavy atom. The summed E-state index contributed by atoms with van der Waals surface area (Å²) in [5.41, 5.74) is 4.34. The molecule has 3 aliphatic rings. The highest BCUT2D eigenvalue weighted by Gasteiger charge is 2.54. The first-order chi connectivity index (χ1) is 17.0. The first-order valence-electron chi connectivity index (χ1n) is 12.1. The SMILES string of the molecule is O=C(O)c1cccc2c1N[C@H](c1ccc(OCc3ccc([N+](=O)[O-])cc3)cc1)[C@H]1[C@H]3CC[C@@H](C3)[C@@H]21. The van der Waals surface area contributed by atoms with E-state index in [9.17, 15) is 20.0 Å². The largest absolute Gasteiger partial charge is 0.489 e. The molecule has 1 heterocycles. The number of fused-ring (bicyclic) bond motifs is 7. The van der Waals surface area contributed by atoms with Crippen molar-refractivity contribution in [3.8, 4) is 5.75 Å². The summed E-state index contributed by atoms with van der Waals surface area (Å²) < 4.78 is 5.91. The van der Waals surface area contributed by atoms with Gasteiger partial charge in [0, 0.05) is 12.1 Å². The van der Waals surface area contributed by atoms with E-state index in [1.165, 1.54) is 37.0 Å². The van der Waals surface area contributed by atoms with Gasteiger partial charge in [0.05, 0.1) is 22.2 Å². The summed E-state index contributed by atoms with van der Waals surface area (Å²) in [5, 5.41) is 24.3. The number of hydrogen-bond donors (Lipinski definition) is 2. The number of nitrogens with one attached hydrogen (secondary N) is 1. The smallest absolute Gasteiger partial charge is 0.337 e. The van der Waals surface area contributed by atoms with Gasteiger partial charge in [0.2, 0.25) is 0 Å². The Morgan fingerprint density at radius 1 is 1.03 bits per heavy atom. The lowest BCUT2D eigenvalue weighted by atomic mass is 9.67. The maximum atomic E-state index is 12.0. The maximum Gasteiger partial charge on any atom is 0.337 e. The fourth-order valence-corrected chi connectivity index (χ4v) is 6.67. The third kappa shape index (κ3) is 3.71. The van der Waals surface area contributed by atoms with E-state index in [0.717, 1.165) is 22.6 Å². The molecular formula is C28H26N2O5. The standard InChI is InChI=1S/C28H26N2O5/c31-28(32)23-3-1-2-22-24-18-6-7-19(14-18)25(24)26(29-27(22)23)17-8-12-21(13-9-17)35-15-16-4-10-20(11-5-16)30(33)34/h1-5,8-13,18-19,24-26,29H,6-7,14-15H2,(H,31,32)/t18-,19-,24-,25-,26+/m0/s1. The minimum absolute atomic E-state index is 0.0598. The molecule has 2 saturated carbocycles. The molecule has 2 fully saturated rings. The number of benzene rings is 3. The maximum absolute atomic E-state index is 12.0. The molecule has 178 valence electrons. The fourth-order valence-electron chi connectivity index (χ4n) is 6.67. The highest BCUT2D eigenvalue weighted by molar-refractivity contribution is 5.95. The van der Waals surface area contributed by atoms with Crippen molar-refractivity contribution in [2.24, 2.45) is 17.8 Å². The predicted molar refractivity (Wildman–Crippen MR) is 131 cm³/mol. The second-order valence-electron chi connectivity index (χ2n) is 9.91. The molecule has 6 rings (SSSR count). The van der Waals surface area contributed by atoms with Crippen LogP contribution in [0.4, 0.5) is 11.4 Å². The molecule has 3 aromatic rings. The molecule has 0 spiro atoms. The summed E-state index contributed by atoms with van der Waals surface area (Å²) in [6, 6.07) is 20.1. The number of carboxylic acids is 1. The molecule has 0 saturated heterocycles. The Balaban J connectivity index is 1.24. The molecule has 7 nitrogen and oxygen atoms in total. The number of nitrogens with zero attached hydrogens (tertiary/aromatic N) is 1. The average Bonchev–Trinajstić information content (AvgIpc) is 3.50. The van der Waals surface area contributed by atoms with Crippen LogP contribution in [-0.2, 0) is 6.61 Å². The van der Waals surface area contributed by atoms with E-state index in [1.54, 1.807) is 18.2 Å². The molecule has 2 N–H and O–H groups in total. The Morgan fingerprint density at radius 3 is 2.49 bits per heavy atom. The van der Waals surface area contributed by atoms with Gasteiger partial charge in [-0.15, -0.1) is 0 Å². The van der Waals surface area contributed by atoms with Gasteiger partial charge in [0.25, 0.3) is 5.69 Å². The number of nitro groups is 1. The van der Waals surface area contributed by atoms with E-state index in [-0.39, 0.29) is 11.7 Å². The normalized spacial score (nSPS) is 25.9. The van der Waals surface area contributed by atoms with Gasteiger partial charge in [-0.05, 0) is 90.0 Å². The van der Waals surface area contributed by atoms with Gasteiger partial charge in [-0.2, -0.15) is 0 Å². The molecule has 0 unspecified atom stereocenters. The van der Waals surface area contributed by atoms with Gasteiger partial charge in [-0.1, -0.05) is 24.3 Å². The lowest BCUT2D eigenvalue weighted by molar-refractivity contribution is -0.384. The first kappa shape index (κ1) is 21.6. The molecule has 0 aromatic heterocycles. The number of carboxylic acid groups (broad SMARTS) is 1. The summed E-state index contributed by atoms with van der Waals surface area (Å²) in [7, 11) is 0. The number of anilines is 1. The summed E-state index contributed by atoms with van der Waals surface area (Å²) >= 11 is 0. The molecule has 2 bridgehead atoms. The zero-order chi connectivity index (χ0) is 24.1. The molecule has 2 aliphatic carbocycles. The highest BCUT2D eigenvalue weighted by Crippen LogP contribution is 2.64. The van der Waals surface area contributed by atoms with Gasteiger partial charge in [0.1, 0.15) is 12.4 Å². The zero-order valence-corrected chi connectivity index (χ0v) is 19.1. The molecule has 0 amide bonds. The monoisotopic (exact) mass is 470 g/mol. The number of rotatable bonds is 6. The van der Waals surface area contributed by atoms with Gasteiger partial charge >= 0.3 is 5.97 Å². The van der Waals surface area contributed by atoms with E-state index in [1.807, 2.05) is 18.2 Å². The zero-order valence-electron chi connectivity index (χ0n) is 19.1. The van der Waals surface area contributed by atoms with E-state index >= 15 is 0 Å². The Hall–Kier alpha value is -3.87. The van der Waals surface area contributed by atoms with Gasteiger partial charge < -0.3 is 15.2 Å². The van der Waals surface area contributed by atoms with Crippen molar-refractivity contribution in [2.45, 2.75) is 37.8 Å². The van der Waals surface area contributed by atoms with Crippen LogP contribution in [0.3, 0.4) is 0 Å². The van der Waals surface area contributed by atoms with Crippen molar-refractivity contribution >= 4 is 17.3 Å². The highest BCUT2D eigenvalue weighted by atomic mass is 16.6. The van der Waals surface area contributed by atoms with E-state index in [4.69, 9.17) is 4.74 Å². The van der Waals surface area contributed by atoms with Crippen molar-refractivity contribution in [3.05, 3.63) is 99.1 Å². The number of para-hydroxylation sites is 1. The van der Waals surface area contributed by atoms with Gasteiger partial charge in [-0.3, -0.25) is 10.1 Å². The van der Waals surface area contributed by atoms with Crippen LogP contribution in [0.2, 0.25) is 0 Å². The second-order valence-corrected chi connectivity index (χ2v) is 9.91. The number of nitro benzene ring substituents is 1. The molecular weight excluding hydrogens is 444 g/mol. The van der Waals surface area contributed by atoms with Crippen LogP contribution in [0.5, 0.6) is 5.75 Å². The lowest BCUT2D eigenvalue weighted by Crippen LogP contribution is -2.36. The summed E-state index contributed by atoms with van der Waals surface area (Å²) in [6.07, 6.45) is 3.69. The summed E-state index contributed by atoms with van der Waals surface area (Å²) in [5.74, 6) is 1.96. The summed E-state index contributed by atoms with van der Waals surface area (Å²) in [4.78, 5) is 22.4. The summed E-state index contributed by atoms with van der Waals surface area (Å²) in [6.45, 7) is 0.322. The fraction of sp³-hybridized carbons (Fsp3) is 0.321. The Kier molecular flexibility index (Phi) is 5.20. The van der Waals surface area contributed by atoms with Crippen LogP contribution in [0.25, 0.3) is 0 Å². The molecule has 5 atom stereocenters. The molecule has 35 heavy (non-hydrogen) atoms. The van der Waals surface area contributed by atoms with Crippen LogP contribution in [0, 0.1) is 27.9 Å². The van der Waals surface area contributed by atoms with Crippen molar-refractivity contribution in [3.63, 3.8) is 0 Å². The lowest BCUT2D eigenvalue weighted by Gasteiger charge is -2.44. The van der Waals surface area contributed by atoms with Gasteiger partial charge in [-0.25, -0.2) is 4.79 Å². The number of ether oxygens (including phenoxy) is 1. The molecule has 1 aliphatic heterocycles. The molecule has 3 aromatic carbocycles. The van der Waals surface area contributed by atoms with E-state index in [0.29, 0.717) is 35.8 Å². The van der Waals surface area contributed by atoms with Gasteiger partial charge in [0.15, 0.2) is 0 Å². The minimum Gasteiger partial charge on any atom is -0.489 e. The van der Waals surface area contributed by atoms with E-state index in [2.05, 4.69) is 23.5 Å². The number of non-ortho nitro benzene ring substituents is 1. The Bertz CT molecular complexity index is 1290. The predicted octanol–water partition coefficient (Wildman–Crippen LogP) is 6.17. The van der Waals surface area contributed by atoms with Crippen LogP contribution in [-0.4, -0.2) is 16.0 Å². The van der Waals surface area contributed by atoms with Crippen LogP contribution < -0.4 is 10.1 Å². The number of aromatic carboxylic acids is 1.